The SMILES string of the molecule is CCNC(=NCc1ccnc(-n2cccn2)c1)NCC(C)Oc1ccccc1C.I. The van der Waals surface area contributed by atoms with Crippen molar-refractivity contribution in [1.82, 2.24) is 25.4 Å². The minimum atomic E-state index is 0. The van der Waals surface area contributed by atoms with Crippen LogP contribution in [0.1, 0.15) is 25.0 Å². The summed E-state index contributed by atoms with van der Waals surface area (Å²) >= 11 is 0. The fraction of sp³-hybridized carbons (Fsp3) is 0.318. The largest absolute Gasteiger partial charge is 0.489 e. The number of nitrogens with one attached hydrogen (secondary N) is 2. The number of benzene rings is 1. The van der Waals surface area contributed by atoms with Crippen LogP contribution in [0, 0.1) is 6.92 Å². The molecule has 2 heterocycles. The van der Waals surface area contributed by atoms with E-state index in [1.165, 1.54) is 0 Å². The van der Waals surface area contributed by atoms with Gasteiger partial charge in [-0.1, -0.05) is 18.2 Å². The second-order valence-corrected chi connectivity index (χ2v) is 6.74. The third-order valence-corrected chi connectivity index (χ3v) is 4.29. The molecule has 1 atom stereocenters. The monoisotopic (exact) mass is 520 g/mol. The van der Waals surface area contributed by atoms with Crippen LogP contribution in [0.2, 0.25) is 0 Å². The minimum Gasteiger partial charge on any atom is -0.489 e. The third kappa shape index (κ3) is 7.01. The average Bonchev–Trinajstić information content (AvgIpc) is 3.27. The van der Waals surface area contributed by atoms with Crippen molar-refractivity contribution >= 4 is 29.9 Å². The first-order valence-electron chi connectivity index (χ1n) is 9.85. The molecule has 7 nitrogen and oxygen atoms in total. The van der Waals surface area contributed by atoms with E-state index in [2.05, 4.69) is 25.7 Å². The van der Waals surface area contributed by atoms with E-state index in [-0.39, 0.29) is 30.1 Å². The maximum Gasteiger partial charge on any atom is 0.191 e. The van der Waals surface area contributed by atoms with E-state index >= 15 is 0 Å². The highest BCUT2D eigenvalue weighted by Gasteiger charge is 2.07. The number of aliphatic imine (C=N–C) groups is 1. The van der Waals surface area contributed by atoms with Gasteiger partial charge in [0.1, 0.15) is 11.9 Å². The molecule has 0 aliphatic heterocycles. The Morgan fingerprint density at radius 1 is 1.17 bits per heavy atom. The highest BCUT2D eigenvalue weighted by atomic mass is 127. The molecule has 2 aromatic heterocycles. The number of guanidine groups is 1. The van der Waals surface area contributed by atoms with E-state index in [0.717, 1.165) is 35.2 Å². The molecule has 0 aliphatic carbocycles. The Bertz CT molecular complexity index is 929. The third-order valence-electron chi connectivity index (χ3n) is 4.29. The number of ether oxygens (including phenoxy) is 1. The molecule has 0 amide bonds. The van der Waals surface area contributed by atoms with Crippen LogP contribution in [0.15, 0.2) is 66.0 Å². The maximum atomic E-state index is 6.03. The molecule has 0 saturated carbocycles. The second-order valence-electron chi connectivity index (χ2n) is 6.74. The zero-order valence-electron chi connectivity index (χ0n) is 17.6. The first kappa shape index (κ1) is 23.7. The molecule has 0 spiro atoms. The first-order chi connectivity index (χ1) is 14.2. The first-order valence-corrected chi connectivity index (χ1v) is 9.85. The molecular formula is C22H29IN6O. The lowest BCUT2D eigenvalue weighted by atomic mass is 10.2. The predicted octanol–water partition coefficient (Wildman–Crippen LogP) is 3.72. The number of pyridine rings is 1. The van der Waals surface area contributed by atoms with Gasteiger partial charge < -0.3 is 15.4 Å². The Morgan fingerprint density at radius 3 is 2.73 bits per heavy atom. The Balaban J connectivity index is 0.00000320. The van der Waals surface area contributed by atoms with Crippen molar-refractivity contribution in [2.75, 3.05) is 13.1 Å². The van der Waals surface area contributed by atoms with Crippen LogP contribution in [0.4, 0.5) is 0 Å². The summed E-state index contributed by atoms with van der Waals surface area (Å²) in [6.45, 7) is 8.12. The van der Waals surface area contributed by atoms with Gasteiger partial charge in [0.2, 0.25) is 0 Å². The summed E-state index contributed by atoms with van der Waals surface area (Å²) in [5.74, 6) is 2.44. The fourth-order valence-electron chi connectivity index (χ4n) is 2.79. The lowest BCUT2D eigenvalue weighted by molar-refractivity contribution is 0.222. The van der Waals surface area contributed by atoms with Crippen LogP contribution in [-0.4, -0.2) is 39.9 Å². The van der Waals surface area contributed by atoms with Gasteiger partial charge in [-0.25, -0.2) is 14.7 Å². The number of para-hydroxylation sites is 1. The normalized spacial score (nSPS) is 12.0. The van der Waals surface area contributed by atoms with E-state index in [1.54, 1.807) is 17.1 Å². The number of halogens is 1. The number of rotatable bonds is 8. The highest BCUT2D eigenvalue weighted by Crippen LogP contribution is 2.17. The van der Waals surface area contributed by atoms with Crippen molar-refractivity contribution in [3.63, 3.8) is 0 Å². The summed E-state index contributed by atoms with van der Waals surface area (Å²) in [5.41, 5.74) is 2.19. The predicted molar refractivity (Wildman–Crippen MR) is 131 cm³/mol. The molecule has 1 aromatic carbocycles. The van der Waals surface area contributed by atoms with Gasteiger partial charge in [0.05, 0.1) is 13.1 Å². The van der Waals surface area contributed by atoms with Gasteiger partial charge in [-0.3, -0.25) is 0 Å². The summed E-state index contributed by atoms with van der Waals surface area (Å²) in [7, 11) is 0. The van der Waals surface area contributed by atoms with Crippen LogP contribution < -0.4 is 15.4 Å². The number of hydrogen-bond donors (Lipinski definition) is 2. The molecule has 0 fully saturated rings. The number of aryl methyl sites for hydroxylation is 1. The molecule has 3 rings (SSSR count). The van der Waals surface area contributed by atoms with Gasteiger partial charge in [-0.15, -0.1) is 24.0 Å². The quantitative estimate of drug-likeness (QED) is 0.269. The molecule has 3 aromatic rings. The van der Waals surface area contributed by atoms with Crippen LogP contribution in [-0.2, 0) is 6.54 Å². The van der Waals surface area contributed by atoms with Gasteiger partial charge in [-0.2, -0.15) is 5.10 Å². The van der Waals surface area contributed by atoms with Gasteiger partial charge in [-0.05, 0) is 56.2 Å². The van der Waals surface area contributed by atoms with Crippen molar-refractivity contribution < 1.29 is 4.74 Å². The van der Waals surface area contributed by atoms with Crippen molar-refractivity contribution in [3.8, 4) is 11.6 Å². The average molecular weight is 520 g/mol. The Labute approximate surface area is 195 Å². The van der Waals surface area contributed by atoms with Crippen LogP contribution in [0.25, 0.3) is 5.82 Å². The minimum absolute atomic E-state index is 0. The number of aromatic nitrogens is 3. The molecule has 0 saturated heterocycles. The van der Waals surface area contributed by atoms with Crippen molar-refractivity contribution in [3.05, 3.63) is 72.2 Å². The van der Waals surface area contributed by atoms with E-state index in [0.29, 0.717) is 13.1 Å². The maximum absolute atomic E-state index is 6.03. The van der Waals surface area contributed by atoms with Crippen molar-refractivity contribution in [2.45, 2.75) is 33.4 Å². The van der Waals surface area contributed by atoms with E-state index in [4.69, 9.17) is 4.74 Å². The summed E-state index contributed by atoms with van der Waals surface area (Å²) in [4.78, 5) is 9.04. The molecule has 0 bridgehead atoms. The van der Waals surface area contributed by atoms with Gasteiger partial charge in [0.15, 0.2) is 11.8 Å². The van der Waals surface area contributed by atoms with Crippen LogP contribution >= 0.6 is 24.0 Å². The fourth-order valence-corrected chi connectivity index (χ4v) is 2.79. The Hall–Kier alpha value is -2.62. The number of hydrogen-bond acceptors (Lipinski definition) is 4. The van der Waals surface area contributed by atoms with E-state index < -0.39 is 0 Å². The summed E-state index contributed by atoms with van der Waals surface area (Å²) < 4.78 is 7.77. The zero-order valence-corrected chi connectivity index (χ0v) is 19.9. The standard InChI is InChI=1S/C22H28N6O.HI/c1-4-23-22(25-15-18(3)29-20-9-6-5-8-17(20)2)26-16-19-10-12-24-21(14-19)28-13-7-11-27-28;/h5-14,18H,4,15-16H2,1-3H3,(H2,23,25,26);1H. The summed E-state index contributed by atoms with van der Waals surface area (Å²) in [6.07, 6.45) is 5.39. The molecule has 8 heteroatoms. The summed E-state index contributed by atoms with van der Waals surface area (Å²) in [6, 6.07) is 13.9. The molecule has 0 aliphatic rings. The van der Waals surface area contributed by atoms with Crippen molar-refractivity contribution in [2.24, 2.45) is 4.99 Å². The molecule has 2 N–H and O–H groups in total. The van der Waals surface area contributed by atoms with E-state index in [9.17, 15) is 0 Å². The highest BCUT2D eigenvalue weighted by molar-refractivity contribution is 14.0. The van der Waals surface area contributed by atoms with Crippen LogP contribution in [0.5, 0.6) is 5.75 Å². The molecule has 30 heavy (non-hydrogen) atoms. The van der Waals surface area contributed by atoms with E-state index in [1.807, 2.05) is 69.4 Å². The number of nitrogens with zero attached hydrogens (tertiary/aromatic N) is 4. The zero-order chi connectivity index (χ0) is 20.5. The van der Waals surface area contributed by atoms with Crippen LogP contribution in [0.3, 0.4) is 0 Å². The van der Waals surface area contributed by atoms with Crippen molar-refractivity contribution in [1.29, 1.82) is 0 Å². The Morgan fingerprint density at radius 2 is 2.00 bits per heavy atom. The molecular weight excluding hydrogens is 491 g/mol. The lowest BCUT2D eigenvalue weighted by Crippen LogP contribution is -2.41. The Kier molecular flexibility index (Phi) is 9.59. The lowest BCUT2D eigenvalue weighted by Gasteiger charge is -2.18. The topological polar surface area (TPSA) is 76.4 Å². The molecule has 1 unspecified atom stereocenters. The molecule has 160 valence electrons. The summed E-state index contributed by atoms with van der Waals surface area (Å²) in [5, 5.41) is 10.9. The smallest absolute Gasteiger partial charge is 0.191 e. The van der Waals surface area contributed by atoms with Gasteiger partial charge in [0, 0.05) is 25.1 Å². The second kappa shape index (κ2) is 12.2. The molecule has 0 radical (unpaired) electrons. The van der Waals surface area contributed by atoms with Gasteiger partial charge >= 0.3 is 0 Å². The van der Waals surface area contributed by atoms with Gasteiger partial charge in [0.25, 0.3) is 0 Å².